The number of hydrogen-bond acceptors (Lipinski definition) is 4. The maximum absolute atomic E-state index is 12.4. The molecule has 1 aliphatic rings. The second-order valence-corrected chi connectivity index (χ2v) is 7.34. The quantitative estimate of drug-likeness (QED) is 0.875. The van der Waals surface area contributed by atoms with E-state index in [4.69, 9.17) is 4.74 Å². The van der Waals surface area contributed by atoms with Crippen molar-refractivity contribution in [1.29, 1.82) is 0 Å². The van der Waals surface area contributed by atoms with E-state index < -0.39 is 10.0 Å². The Balaban J connectivity index is 2.01. The number of benzene rings is 1. The van der Waals surface area contributed by atoms with Crippen LogP contribution >= 0.6 is 0 Å². The molecule has 0 bridgehead atoms. The first-order valence-corrected chi connectivity index (χ1v) is 8.89. The molecule has 1 aliphatic heterocycles. The van der Waals surface area contributed by atoms with E-state index in [1.807, 2.05) is 0 Å². The van der Waals surface area contributed by atoms with Gasteiger partial charge >= 0.3 is 0 Å². The van der Waals surface area contributed by atoms with Gasteiger partial charge in [0.2, 0.25) is 10.0 Å². The van der Waals surface area contributed by atoms with Gasteiger partial charge in [-0.15, -0.1) is 0 Å². The van der Waals surface area contributed by atoms with Gasteiger partial charge in [0.15, 0.2) is 0 Å². The zero-order valence-electron chi connectivity index (χ0n) is 12.9. The lowest BCUT2D eigenvalue weighted by molar-refractivity contribution is 0.0604. The average molecular weight is 326 g/mol. The van der Waals surface area contributed by atoms with Crippen molar-refractivity contribution in [2.24, 2.45) is 0 Å². The third kappa shape index (κ3) is 4.06. The summed E-state index contributed by atoms with van der Waals surface area (Å²) in [5.41, 5.74) is 1.20. The number of methoxy groups -OCH3 is 1. The molecule has 0 saturated carbocycles. The van der Waals surface area contributed by atoms with Crippen molar-refractivity contribution in [3.63, 3.8) is 0 Å². The van der Waals surface area contributed by atoms with Crippen LogP contribution in [0.15, 0.2) is 24.3 Å². The molecular weight excluding hydrogens is 304 g/mol. The molecule has 0 atom stereocenters. The van der Waals surface area contributed by atoms with Crippen LogP contribution in [0.3, 0.4) is 0 Å². The number of carbonyl (C=O) groups is 1. The highest BCUT2D eigenvalue weighted by molar-refractivity contribution is 7.88. The number of sulfonamides is 1. The summed E-state index contributed by atoms with van der Waals surface area (Å²) in [6.45, 7) is 0.994. The number of rotatable bonds is 5. The number of ether oxygens (including phenoxy) is 1. The topological polar surface area (TPSA) is 75.7 Å². The van der Waals surface area contributed by atoms with Crippen LogP contribution in [0.2, 0.25) is 0 Å². The first-order valence-electron chi connectivity index (χ1n) is 7.28. The summed E-state index contributed by atoms with van der Waals surface area (Å²) in [5.74, 6) is -0.227. The average Bonchev–Trinajstić information content (AvgIpc) is 2.54. The smallest absolute Gasteiger partial charge is 0.251 e. The summed E-state index contributed by atoms with van der Waals surface area (Å²) in [7, 11) is -0.114. The SMILES string of the molecule is CNC(=O)c1ccc(CS(=O)(=O)N2CCC(OC)CC2)cc1. The van der Waals surface area contributed by atoms with E-state index >= 15 is 0 Å². The lowest BCUT2D eigenvalue weighted by Crippen LogP contribution is -2.41. The van der Waals surface area contributed by atoms with Crippen LogP contribution in [0.25, 0.3) is 0 Å². The van der Waals surface area contributed by atoms with Crippen molar-refractivity contribution in [3.05, 3.63) is 35.4 Å². The second kappa shape index (κ2) is 7.21. The van der Waals surface area contributed by atoms with E-state index in [9.17, 15) is 13.2 Å². The molecule has 1 aromatic rings. The number of amides is 1. The summed E-state index contributed by atoms with van der Waals surface area (Å²) in [6, 6.07) is 6.65. The Labute approximate surface area is 131 Å². The minimum absolute atomic E-state index is 0.0430. The minimum atomic E-state index is -3.33. The standard InChI is InChI=1S/C15H22N2O4S/c1-16-15(18)13-5-3-12(4-6-13)11-22(19,20)17-9-7-14(21-2)8-10-17/h3-6,14H,7-11H2,1-2H3,(H,16,18). The molecule has 0 aliphatic carbocycles. The molecule has 1 saturated heterocycles. The van der Waals surface area contributed by atoms with Gasteiger partial charge in [-0.1, -0.05) is 12.1 Å². The molecule has 6 nitrogen and oxygen atoms in total. The van der Waals surface area contributed by atoms with Crippen molar-refractivity contribution in [3.8, 4) is 0 Å². The molecule has 1 aromatic carbocycles. The van der Waals surface area contributed by atoms with E-state index in [0.717, 1.165) is 12.8 Å². The van der Waals surface area contributed by atoms with Crippen LogP contribution < -0.4 is 5.32 Å². The summed E-state index contributed by atoms with van der Waals surface area (Å²) in [5, 5.41) is 2.53. The molecule has 1 N–H and O–H groups in total. The molecule has 22 heavy (non-hydrogen) atoms. The van der Waals surface area contributed by atoms with E-state index in [1.165, 1.54) is 4.31 Å². The van der Waals surface area contributed by atoms with E-state index in [1.54, 1.807) is 38.4 Å². The highest BCUT2D eigenvalue weighted by atomic mass is 32.2. The summed E-state index contributed by atoms with van der Waals surface area (Å²) in [6.07, 6.45) is 1.61. The number of hydrogen-bond donors (Lipinski definition) is 1. The van der Waals surface area contributed by atoms with Gasteiger partial charge in [0.1, 0.15) is 0 Å². The van der Waals surface area contributed by atoms with Gasteiger partial charge < -0.3 is 10.1 Å². The van der Waals surface area contributed by atoms with Crippen LogP contribution in [0.5, 0.6) is 0 Å². The Morgan fingerprint density at radius 3 is 2.36 bits per heavy atom. The zero-order chi connectivity index (χ0) is 16.2. The van der Waals surface area contributed by atoms with Gasteiger partial charge in [-0.2, -0.15) is 0 Å². The molecule has 122 valence electrons. The van der Waals surface area contributed by atoms with Crippen molar-refractivity contribution in [2.75, 3.05) is 27.2 Å². The summed E-state index contributed by atoms with van der Waals surface area (Å²) < 4.78 is 31.6. The Kier molecular flexibility index (Phi) is 5.55. The molecule has 2 rings (SSSR count). The third-order valence-corrected chi connectivity index (χ3v) is 5.77. The van der Waals surface area contributed by atoms with Crippen molar-refractivity contribution < 1.29 is 17.9 Å². The van der Waals surface area contributed by atoms with Crippen LogP contribution in [-0.2, 0) is 20.5 Å². The van der Waals surface area contributed by atoms with E-state index in [2.05, 4.69) is 5.32 Å². The molecular formula is C15H22N2O4S. The molecule has 7 heteroatoms. The van der Waals surface area contributed by atoms with Crippen molar-refractivity contribution in [2.45, 2.75) is 24.7 Å². The maximum Gasteiger partial charge on any atom is 0.251 e. The fourth-order valence-electron chi connectivity index (χ4n) is 2.54. The number of nitrogens with one attached hydrogen (secondary N) is 1. The first-order chi connectivity index (χ1) is 10.5. The number of nitrogens with zero attached hydrogens (tertiary/aromatic N) is 1. The summed E-state index contributed by atoms with van der Waals surface area (Å²) >= 11 is 0. The highest BCUT2D eigenvalue weighted by Gasteiger charge is 2.28. The fourth-order valence-corrected chi connectivity index (χ4v) is 4.11. The van der Waals surface area contributed by atoms with Crippen LogP contribution in [0.1, 0.15) is 28.8 Å². The van der Waals surface area contributed by atoms with Gasteiger partial charge in [-0.25, -0.2) is 12.7 Å². The maximum atomic E-state index is 12.4. The molecule has 0 aromatic heterocycles. The predicted molar refractivity (Wildman–Crippen MR) is 84.1 cm³/mol. The lowest BCUT2D eigenvalue weighted by Gasteiger charge is -2.30. The predicted octanol–water partition coefficient (Wildman–Crippen LogP) is 0.987. The highest BCUT2D eigenvalue weighted by Crippen LogP contribution is 2.19. The van der Waals surface area contributed by atoms with Gasteiger partial charge in [0.25, 0.3) is 5.91 Å². The van der Waals surface area contributed by atoms with E-state index in [-0.39, 0.29) is 17.8 Å². The lowest BCUT2D eigenvalue weighted by atomic mass is 10.1. The Morgan fingerprint density at radius 1 is 1.27 bits per heavy atom. The van der Waals surface area contributed by atoms with Gasteiger partial charge in [-0.3, -0.25) is 4.79 Å². The third-order valence-electron chi connectivity index (χ3n) is 3.92. The van der Waals surface area contributed by atoms with Crippen LogP contribution in [-0.4, -0.2) is 52.0 Å². The largest absolute Gasteiger partial charge is 0.381 e. The molecule has 1 heterocycles. The Hall–Kier alpha value is -1.44. The second-order valence-electron chi connectivity index (χ2n) is 5.37. The summed E-state index contributed by atoms with van der Waals surface area (Å²) in [4.78, 5) is 11.5. The molecule has 0 radical (unpaired) electrons. The molecule has 0 spiro atoms. The first kappa shape index (κ1) is 16.9. The Bertz CT molecular complexity index is 605. The van der Waals surface area contributed by atoms with Crippen LogP contribution in [0, 0.1) is 0 Å². The van der Waals surface area contributed by atoms with Crippen LogP contribution in [0.4, 0.5) is 0 Å². The monoisotopic (exact) mass is 326 g/mol. The fraction of sp³-hybridized carbons (Fsp3) is 0.533. The minimum Gasteiger partial charge on any atom is -0.381 e. The molecule has 1 amide bonds. The normalized spacial score (nSPS) is 17.4. The molecule has 1 fully saturated rings. The van der Waals surface area contributed by atoms with Crippen molar-refractivity contribution >= 4 is 15.9 Å². The molecule has 0 unspecified atom stereocenters. The zero-order valence-corrected chi connectivity index (χ0v) is 13.7. The van der Waals surface area contributed by atoms with Crippen molar-refractivity contribution in [1.82, 2.24) is 9.62 Å². The van der Waals surface area contributed by atoms with Gasteiger partial charge in [0, 0.05) is 32.8 Å². The van der Waals surface area contributed by atoms with Gasteiger partial charge in [0.05, 0.1) is 11.9 Å². The van der Waals surface area contributed by atoms with E-state index in [0.29, 0.717) is 24.2 Å². The Morgan fingerprint density at radius 2 is 1.86 bits per heavy atom. The number of piperidine rings is 1. The number of carbonyl (C=O) groups excluding carboxylic acids is 1. The van der Waals surface area contributed by atoms with Gasteiger partial charge in [-0.05, 0) is 30.5 Å².